The van der Waals surface area contributed by atoms with Gasteiger partial charge in [0.2, 0.25) is 0 Å². The summed E-state index contributed by atoms with van der Waals surface area (Å²) >= 11 is 1.40. The molecule has 0 bridgehead atoms. The van der Waals surface area contributed by atoms with Crippen molar-refractivity contribution >= 4 is 44.9 Å². The fourth-order valence-electron chi connectivity index (χ4n) is 5.03. The summed E-state index contributed by atoms with van der Waals surface area (Å²) in [6.07, 6.45) is 5.95. The van der Waals surface area contributed by atoms with Gasteiger partial charge in [0.25, 0.3) is 11.8 Å². The number of benzene rings is 1. The number of nitrogens with one attached hydrogen (secondary N) is 2. The van der Waals surface area contributed by atoms with E-state index in [1.54, 1.807) is 18.2 Å². The Labute approximate surface area is 231 Å². The summed E-state index contributed by atoms with van der Waals surface area (Å²) in [6.45, 7) is 7.08. The number of nitrogen functional groups attached to an aromatic ring is 1. The molecule has 9 nitrogen and oxygen atoms in total. The molecule has 6 N–H and O–H groups in total. The van der Waals surface area contributed by atoms with Crippen molar-refractivity contribution in [1.82, 2.24) is 20.3 Å². The predicted octanol–water partition coefficient (Wildman–Crippen LogP) is 4.50. The van der Waals surface area contributed by atoms with Crippen molar-refractivity contribution in [3.05, 3.63) is 76.2 Å². The van der Waals surface area contributed by atoms with Crippen LogP contribution in [0.3, 0.4) is 0 Å². The Morgan fingerprint density at radius 1 is 1.13 bits per heavy atom. The van der Waals surface area contributed by atoms with Crippen LogP contribution in [0.25, 0.3) is 10.2 Å². The number of anilines is 2. The van der Waals surface area contributed by atoms with Gasteiger partial charge in [-0.25, -0.2) is 15.0 Å². The second-order valence-electron chi connectivity index (χ2n) is 11.0. The van der Waals surface area contributed by atoms with Gasteiger partial charge in [-0.2, -0.15) is 0 Å². The molecule has 0 spiro atoms. The van der Waals surface area contributed by atoms with Crippen LogP contribution in [-0.2, 0) is 12.8 Å². The third kappa shape index (κ3) is 5.76. The van der Waals surface area contributed by atoms with Gasteiger partial charge in [0, 0.05) is 35.7 Å². The molecule has 0 radical (unpaired) electrons. The first-order valence-electron chi connectivity index (χ1n) is 13.0. The van der Waals surface area contributed by atoms with Crippen LogP contribution in [0.2, 0.25) is 0 Å². The zero-order chi connectivity index (χ0) is 27.7. The molecule has 2 atom stereocenters. The summed E-state index contributed by atoms with van der Waals surface area (Å²) in [4.78, 5) is 40.2. The van der Waals surface area contributed by atoms with Crippen molar-refractivity contribution in [3.63, 3.8) is 0 Å². The molecule has 5 rings (SSSR count). The lowest BCUT2D eigenvalue weighted by molar-refractivity contribution is 0.0941. The van der Waals surface area contributed by atoms with Gasteiger partial charge in [-0.05, 0) is 66.0 Å². The first-order chi connectivity index (χ1) is 18.6. The van der Waals surface area contributed by atoms with Crippen molar-refractivity contribution in [2.75, 3.05) is 17.6 Å². The summed E-state index contributed by atoms with van der Waals surface area (Å²) in [5.74, 6) is -0.0124. The van der Waals surface area contributed by atoms with E-state index in [-0.39, 0.29) is 29.4 Å². The number of pyridine rings is 1. The SMILES string of the molecule is CC(C)(C)[C@@H]1CCc2nc3sc(C(=O)N[C@H](CN)c4cccc(NC(=O)c5nccnc5N)c4)cc3cc2C1. The topological polar surface area (TPSA) is 149 Å². The fourth-order valence-corrected chi connectivity index (χ4v) is 5.97. The Balaban J connectivity index is 1.31. The van der Waals surface area contributed by atoms with E-state index in [0.29, 0.717) is 16.5 Å². The first kappa shape index (κ1) is 26.7. The number of rotatable bonds is 6. The molecule has 0 aliphatic heterocycles. The zero-order valence-corrected chi connectivity index (χ0v) is 23.1. The molecule has 39 heavy (non-hydrogen) atoms. The van der Waals surface area contributed by atoms with E-state index >= 15 is 0 Å². The molecular formula is C29H33N7O2S. The fraction of sp³-hybridized carbons (Fsp3) is 0.345. The number of aromatic nitrogens is 3. The standard InChI is InChI=1S/C29H33N7O2S/c1-29(2,3)19-7-8-21-17(12-19)11-18-14-23(39-28(18)36-21)26(37)35-22(15-30)16-5-4-6-20(13-16)34-27(38)24-25(31)33-10-9-32-24/h4-6,9-11,13-14,19,22H,7-8,12,15,30H2,1-3H3,(H2,31,33)(H,34,38)(H,35,37)/t19-,22-/m1/s1. The van der Waals surface area contributed by atoms with E-state index in [1.807, 2.05) is 12.1 Å². The van der Waals surface area contributed by atoms with Gasteiger partial charge < -0.3 is 22.1 Å². The minimum Gasteiger partial charge on any atom is -0.382 e. The minimum absolute atomic E-state index is 0.0422. The number of thiophene rings is 1. The molecule has 4 aromatic rings. The highest BCUT2D eigenvalue weighted by atomic mass is 32.1. The van der Waals surface area contributed by atoms with Crippen LogP contribution in [0.4, 0.5) is 11.5 Å². The number of amides is 2. The van der Waals surface area contributed by atoms with Crippen molar-refractivity contribution < 1.29 is 9.59 Å². The average molecular weight is 544 g/mol. The van der Waals surface area contributed by atoms with Crippen molar-refractivity contribution in [2.24, 2.45) is 17.1 Å². The molecule has 0 unspecified atom stereocenters. The van der Waals surface area contributed by atoms with Crippen LogP contribution in [0.15, 0.2) is 48.8 Å². The van der Waals surface area contributed by atoms with Gasteiger partial charge >= 0.3 is 0 Å². The quantitative estimate of drug-likeness (QED) is 0.280. The van der Waals surface area contributed by atoms with Gasteiger partial charge in [-0.3, -0.25) is 9.59 Å². The molecule has 1 aromatic carbocycles. The molecule has 1 aliphatic rings. The number of fused-ring (bicyclic) bond motifs is 2. The van der Waals surface area contributed by atoms with E-state index in [4.69, 9.17) is 16.5 Å². The molecule has 2 amide bonds. The van der Waals surface area contributed by atoms with E-state index in [1.165, 1.54) is 29.3 Å². The van der Waals surface area contributed by atoms with Gasteiger partial charge in [0.1, 0.15) is 4.83 Å². The van der Waals surface area contributed by atoms with Crippen LogP contribution in [-0.4, -0.2) is 33.3 Å². The molecular weight excluding hydrogens is 510 g/mol. The zero-order valence-electron chi connectivity index (χ0n) is 22.3. The molecule has 1 aliphatic carbocycles. The van der Waals surface area contributed by atoms with Crippen LogP contribution in [0.1, 0.15) is 70.2 Å². The van der Waals surface area contributed by atoms with Crippen molar-refractivity contribution in [3.8, 4) is 0 Å². The van der Waals surface area contributed by atoms with E-state index in [9.17, 15) is 9.59 Å². The number of nitrogens with two attached hydrogens (primary N) is 2. The highest BCUT2D eigenvalue weighted by Gasteiger charge is 2.30. The lowest BCUT2D eigenvalue weighted by Gasteiger charge is -2.34. The number of carbonyl (C=O) groups excluding carboxylic acids is 2. The second kappa shape index (κ2) is 10.7. The largest absolute Gasteiger partial charge is 0.382 e. The van der Waals surface area contributed by atoms with Crippen LogP contribution in [0, 0.1) is 11.3 Å². The maximum absolute atomic E-state index is 13.3. The lowest BCUT2D eigenvalue weighted by Crippen LogP contribution is -2.33. The van der Waals surface area contributed by atoms with Gasteiger partial charge in [0.05, 0.1) is 10.9 Å². The molecule has 10 heteroatoms. The van der Waals surface area contributed by atoms with E-state index < -0.39 is 11.9 Å². The van der Waals surface area contributed by atoms with E-state index in [2.05, 4.69) is 47.4 Å². The monoisotopic (exact) mass is 543 g/mol. The first-order valence-corrected chi connectivity index (χ1v) is 13.8. The lowest BCUT2D eigenvalue weighted by atomic mass is 9.71. The Morgan fingerprint density at radius 2 is 1.92 bits per heavy atom. The minimum atomic E-state index is -0.472. The Morgan fingerprint density at radius 3 is 2.67 bits per heavy atom. The van der Waals surface area contributed by atoms with Gasteiger partial charge in [-0.1, -0.05) is 32.9 Å². The normalized spacial score (nSPS) is 15.9. The molecule has 0 fully saturated rings. The van der Waals surface area contributed by atoms with Crippen LogP contribution < -0.4 is 22.1 Å². The Hall–Kier alpha value is -3.89. The summed E-state index contributed by atoms with van der Waals surface area (Å²) in [5.41, 5.74) is 15.9. The molecule has 202 valence electrons. The highest BCUT2D eigenvalue weighted by molar-refractivity contribution is 7.20. The van der Waals surface area contributed by atoms with Gasteiger partial charge in [-0.15, -0.1) is 11.3 Å². The number of aryl methyl sites for hydroxylation is 1. The van der Waals surface area contributed by atoms with Gasteiger partial charge in [0.15, 0.2) is 11.5 Å². The number of hydrogen-bond donors (Lipinski definition) is 4. The summed E-state index contributed by atoms with van der Waals surface area (Å²) < 4.78 is 0. The Kier molecular flexibility index (Phi) is 7.33. The third-order valence-corrected chi connectivity index (χ3v) is 8.39. The second-order valence-corrected chi connectivity index (χ2v) is 12.1. The molecule has 0 saturated heterocycles. The molecule has 3 aromatic heterocycles. The van der Waals surface area contributed by atoms with Crippen molar-refractivity contribution in [2.45, 2.75) is 46.1 Å². The van der Waals surface area contributed by atoms with E-state index in [0.717, 1.165) is 40.7 Å². The molecule has 0 saturated carbocycles. The van der Waals surface area contributed by atoms with Crippen molar-refractivity contribution in [1.29, 1.82) is 0 Å². The third-order valence-electron chi connectivity index (χ3n) is 7.35. The van der Waals surface area contributed by atoms with Crippen LogP contribution in [0.5, 0.6) is 0 Å². The predicted molar refractivity (Wildman–Crippen MR) is 155 cm³/mol. The molecule has 3 heterocycles. The van der Waals surface area contributed by atoms with Crippen LogP contribution >= 0.6 is 11.3 Å². The highest BCUT2D eigenvalue weighted by Crippen LogP contribution is 2.38. The smallest absolute Gasteiger partial charge is 0.278 e. The number of carbonyl (C=O) groups is 2. The number of nitrogens with zero attached hydrogens (tertiary/aromatic N) is 3. The summed E-state index contributed by atoms with van der Waals surface area (Å²) in [6, 6.07) is 10.8. The Bertz CT molecular complexity index is 1540. The maximum atomic E-state index is 13.3. The summed E-state index contributed by atoms with van der Waals surface area (Å²) in [7, 11) is 0. The average Bonchev–Trinajstić information content (AvgIpc) is 3.32. The summed E-state index contributed by atoms with van der Waals surface area (Å²) in [5, 5.41) is 6.82. The number of hydrogen-bond acceptors (Lipinski definition) is 8. The maximum Gasteiger partial charge on any atom is 0.278 e.